The largest absolute Gasteiger partial charge is 0.494 e. The molecule has 26 heavy (non-hydrogen) atoms. The number of methoxy groups -OCH3 is 1. The van der Waals surface area contributed by atoms with Crippen LogP contribution in [0.25, 0.3) is 0 Å². The third-order valence-electron chi connectivity index (χ3n) is 4.38. The second-order valence-corrected chi connectivity index (χ2v) is 9.48. The molecule has 1 saturated heterocycles. The van der Waals surface area contributed by atoms with E-state index in [1.54, 1.807) is 19.2 Å². The SMILES string of the molecule is COc1ccc(C(=O)c2cnn(C)c2O)c(Br)c1N=S1(=O)CCCCC1. The van der Waals surface area contributed by atoms with E-state index in [1.165, 1.54) is 18.0 Å². The van der Waals surface area contributed by atoms with Crippen molar-refractivity contribution in [3.8, 4) is 11.6 Å². The molecular weight excluding hydrogens is 422 g/mol. The number of aromatic hydroxyl groups is 1. The van der Waals surface area contributed by atoms with Gasteiger partial charge in [-0.25, -0.2) is 8.89 Å². The molecule has 1 fully saturated rings. The summed E-state index contributed by atoms with van der Waals surface area (Å²) in [6.07, 6.45) is 4.13. The van der Waals surface area contributed by atoms with Gasteiger partial charge in [0.1, 0.15) is 17.0 Å². The molecule has 0 atom stereocenters. The van der Waals surface area contributed by atoms with Crippen molar-refractivity contribution in [3.05, 3.63) is 33.9 Å². The summed E-state index contributed by atoms with van der Waals surface area (Å²) in [5.74, 6) is 0.917. The molecule has 0 spiro atoms. The maximum atomic E-state index is 13.0. The van der Waals surface area contributed by atoms with E-state index < -0.39 is 15.5 Å². The van der Waals surface area contributed by atoms with Crippen LogP contribution >= 0.6 is 15.9 Å². The number of carbonyl (C=O) groups is 1. The number of ether oxygens (including phenoxy) is 1. The smallest absolute Gasteiger partial charge is 0.220 e. The van der Waals surface area contributed by atoms with Crippen LogP contribution in [-0.4, -0.2) is 43.5 Å². The molecule has 0 unspecified atom stereocenters. The van der Waals surface area contributed by atoms with Crippen molar-refractivity contribution in [2.75, 3.05) is 18.6 Å². The molecule has 0 radical (unpaired) electrons. The normalized spacial score (nSPS) is 16.3. The molecule has 2 aromatic rings. The molecule has 0 bridgehead atoms. The summed E-state index contributed by atoms with van der Waals surface area (Å²) in [7, 11) is 0.676. The number of hydrogen-bond acceptors (Lipinski definition) is 6. The maximum absolute atomic E-state index is 13.0. The lowest BCUT2D eigenvalue weighted by molar-refractivity contribution is 0.103. The lowest BCUT2D eigenvalue weighted by Gasteiger charge is -2.17. The van der Waals surface area contributed by atoms with Gasteiger partial charge in [0.15, 0.2) is 0 Å². The minimum Gasteiger partial charge on any atom is -0.494 e. The van der Waals surface area contributed by atoms with Gasteiger partial charge in [0, 0.05) is 24.1 Å². The van der Waals surface area contributed by atoms with E-state index in [1.807, 2.05) is 0 Å². The molecule has 0 amide bonds. The Bertz CT molecular complexity index is 965. The predicted molar refractivity (Wildman–Crippen MR) is 103 cm³/mol. The van der Waals surface area contributed by atoms with Crippen LogP contribution < -0.4 is 4.74 Å². The summed E-state index contributed by atoms with van der Waals surface area (Å²) in [5.41, 5.74) is 0.756. The summed E-state index contributed by atoms with van der Waals surface area (Å²) in [6.45, 7) is 0. The Morgan fingerprint density at radius 2 is 2.00 bits per heavy atom. The van der Waals surface area contributed by atoms with E-state index in [0.29, 0.717) is 33.0 Å². The lowest BCUT2D eigenvalue weighted by atomic mass is 10.0. The Morgan fingerprint density at radius 3 is 2.58 bits per heavy atom. The van der Waals surface area contributed by atoms with Gasteiger partial charge < -0.3 is 9.84 Å². The number of carbonyl (C=O) groups excluding carboxylic acids is 1. The summed E-state index contributed by atoms with van der Waals surface area (Å²) >= 11 is 3.42. The van der Waals surface area contributed by atoms with E-state index in [0.717, 1.165) is 19.3 Å². The summed E-state index contributed by atoms with van der Waals surface area (Å²) < 4.78 is 24.5. The Balaban J connectivity index is 2.12. The second-order valence-electron chi connectivity index (χ2n) is 6.15. The van der Waals surface area contributed by atoms with E-state index in [4.69, 9.17) is 4.74 Å². The molecule has 2 heterocycles. The van der Waals surface area contributed by atoms with Crippen LogP contribution in [0.2, 0.25) is 0 Å². The van der Waals surface area contributed by atoms with Crippen molar-refractivity contribution in [2.45, 2.75) is 19.3 Å². The summed E-state index contributed by atoms with van der Waals surface area (Å²) in [5, 5.41) is 13.9. The fourth-order valence-electron chi connectivity index (χ4n) is 2.90. The fraction of sp³-hybridized carbons (Fsp3) is 0.412. The minimum atomic E-state index is -2.37. The Kier molecular flexibility index (Phi) is 5.38. The molecule has 1 aromatic heterocycles. The molecule has 140 valence electrons. The first kappa shape index (κ1) is 18.9. The Labute approximate surface area is 160 Å². The lowest BCUT2D eigenvalue weighted by Crippen LogP contribution is -2.16. The van der Waals surface area contributed by atoms with Gasteiger partial charge in [-0.15, -0.1) is 0 Å². The molecule has 1 N–H and O–H groups in total. The van der Waals surface area contributed by atoms with Crippen LogP contribution in [0, 0.1) is 0 Å². The quantitative estimate of drug-likeness (QED) is 0.733. The van der Waals surface area contributed by atoms with Crippen LogP contribution in [0.1, 0.15) is 35.2 Å². The molecule has 9 heteroatoms. The molecular formula is C17H20BrN3O4S. The van der Waals surface area contributed by atoms with Crippen LogP contribution in [0.5, 0.6) is 11.6 Å². The van der Waals surface area contributed by atoms with Crippen molar-refractivity contribution in [1.82, 2.24) is 9.78 Å². The van der Waals surface area contributed by atoms with Gasteiger partial charge in [0.2, 0.25) is 11.7 Å². The highest BCUT2D eigenvalue weighted by Gasteiger charge is 2.24. The number of halogens is 1. The summed E-state index contributed by atoms with van der Waals surface area (Å²) in [6, 6.07) is 3.21. The Hall–Kier alpha value is -1.87. The zero-order valence-corrected chi connectivity index (χ0v) is 17.0. The van der Waals surface area contributed by atoms with Crippen LogP contribution in [-0.2, 0) is 16.8 Å². The van der Waals surface area contributed by atoms with Crippen molar-refractivity contribution in [3.63, 3.8) is 0 Å². The van der Waals surface area contributed by atoms with Crippen molar-refractivity contribution < 1.29 is 18.8 Å². The second kappa shape index (κ2) is 7.40. The number of rotatable bonds is 4. The van der Waals surface area contributed by atoms with Crippen molar-refractivity contribution >= 4 is 37.1 Å². The number of hydrogen-bond donors (Lipinski definition) is 1. The number of nitrogens with zero attached hydrogens (tertiary/aromatic N) is 3. The summed E-state index contributed by atoms with van der Waals surface area (Å²) in [4.78, 5) is 12.8. The number of benzene rings is 1. The minimum absolute atomic E-state index is 0.0890. The number of aryl methyl sites for hydroxylation is 1. The zero-order valence-electron chi connectivity index (χ0n) is 14.6. The third kappa shape index (κ3) is 3.50. The molecule has 0 saturated carbocycles. The first-order chi connectivity index (χ1) is 12.4. The first-order valence-electron chi connectivity index (χ1n) is 8.21. The number of aromatic nitrogens is 2. The fourth-order valence-corrected chi connectivity index (χ4v) is 5.82. The molecule has 3 rings (SSSR count). The van der Waals surface area contributed by atoms with Gasteiger partial charge in [-0.1, -0.05) is 6.42 Å². The van der Waals surface area contributed by atoms with Crippen LogP contribution in [0.3, 0.4) is 0 Å². The number of ketones is 1. The van der Waals surface area contributed by atoms with Crippen LogP contribution in [0.4, 0.5) is 5.69 Å². The van der Waals surface area contributed by atoms with E-state index in [2.05, 4.69) is 25.4 Å². The van der Waals surface area contributed by atoms with Gasteiger partial charge in [-0.3, -0.25) is 4.79 Å². The maximum Gasteiger partial charge on any atom is 0.220 e. The van der Waals surface area contributed by atoms with Crippen LogP contribution in [0.15, 0.2) is 27.2 Å². The first-order valence-corrected chi connectivity index (χ1v) is 10.9. The monoisotopic (exact) mass is 441 g/mol. The molecule has 1 aliphatic heterocycles. The zero-order chi connectivity index (χ0) is 18.9. The highest BCUT2D eigenvalue weighted by molar-refractivity contribution is 9.10. The van der Waals surface area contributed by atoms with Gasteiger partial charge in [0.25, 0.3) is 0 Å². The van der Waals surface area contributed by atoms with Crippen molar-refractivity contribution in [1.29, 1.82) is 0 Å². The average Bonchev–Trinajstić information content (AvgIpc) is 2.96. The molecule has 7 nitrogen and oxygen atoms in total. The third-order valence-corrected chi connectivity index (χ3v) is 7.55. The molecule has 1 aliphatic rings. The van der Waals surface area contributed by atoms with Gasteiger partial charge in [-0.2, -0.15) is 9.46 Å². The predicted octanol–water partition coefficient (Wildman–Crippen LogP) is 3.41. The molecule has 0 aliphatic carbocycles. The van der Waals surface area contributed by atoms with E-state index in [9.17, 15) is 14.1 Å². The standard InChI is InChI=1S/C17H20BrN3O4S/c1-21-17(23)12(10-19-21)16(22)11-6-7-13(25-2)15(14(11)18)20-26(24)8-4-3-5-9-26/h6-7,10,23H,3-5,8-9H2,1-2H3. The van der Waals surface area contributed by atoms with Gasteiger partial charge in [0.05, 0.1) is 27.5 Å². The highest BCUT2D eigenvalue weighted by Crippen LogP contribution is 2.40. The Morgan fingerprint density at radius 1 is 1.31 bits per heavy atom. The van der Waals surface area contributed by atoms with E-state index in [-0.39, 0.29) is 11.4 Å². The highest BCUT2D eigenvalue weighted by atomic mass is 79.9. The van der Waals surface area contributed by atoms with Gasteiger partial charge in [-0.05, 0) is 40.9 Å². The van der Waals surface area contributed by atoms with Crippen molar-refractivity contribution in [2.24, 2.45) is 11.4 Å². The molecule has 1 aromatic carbocycles. The average molecular weight is 442 g/mol. The van der Waals surface area contributed by atoms with Gasteiger partial charge >= 0.3 is 0 Å². The van der Waals surface area contributed by atoms with E-state index >= 15 is 0 Å². The topological polar surface area (TPSA) is 93.8 Å².